The predicted octanol–water partition coefficient (Wildman–Crippen LogP) is 12.9. The number of rotatable bonds is 4. The Bertz CT molecular complexity index is 2530. The van der Waals surface area contributed by atoms with Gasteiger partial charge in [0, 0.05) is 48.0 Å². The molecule has 2 heterocycles. The molecule has 208 valence electrons. The van der Waals surface area contributed by atoms with Gasteiger partial charge >= 0.3 is 0 Å². The first-order valence-corrected chi connectivity index (χ1v) is 15.8. The number of fused-ring (bicyclic) bond motifs is 7. The van der Waals surface area contributed by atoms with Gasteiger partial charge in [-0.25, -0.2) is 0 Å². The maximum absolute atomic E-state index is 6.74. The van der Waals surface area contributed by atoms with Crippen LogP contribution >= 0.6 is 22.9 Å². The van der Waals surface area contributed by atoms with E-state index < -0.39 is 0 Å². The van der Waals surface area contributed by atoms with Crippen LogP contribution in [-0.2, 0) is 0 Å². The van der Waals surface area contributed by atoms with Crippen molar-refractivity contribution in [2.75, 3.05) is 4.90 Å². The fraction of sp³-hybridized carbons (Fsp3) is 0. The third-order valence-electron chi connectivity index (χ3n) is 8.48. The minimum atomic E-state index is 0.623. The summed E-state index contributed by atoms with van der Waals surface area (Å²) in [5.74, 6) is 0. The second-order valence-electron chi connectivity index (χ2n) is 11.1. The largest absolute Gasteiger partial charge is 0.454 e. The number of benzene rings is 7. The van der Waals surface area contributed by atoms with E-state index in [0.29, 0.717) is 5.02 Å². The highest BCUT2D eigenvalue weighted by Crippen LogP contribution is 2.42. The molecule has 2 nitrogen and oxygen atoms in total. The van der Waals surface area contributed by atoms with Crippen molar-refractivity contribution in [2.45, 2.75) is 0 Å². The molecule has 0 bridgehead atoms. The molecule has 0 radical (unpaired) electrons. The van der Waals surface area contributed by atoms with Gasteiger partial charge in [-0.15, -0.1) is 11.3 Å². The Labute approximate surface area is 263 Å². The van der Waals surface area contributed by atoms with E-state index >= 15 is 0 Å². The molecule has 0 amide bonds. The molecule has 0 aliphatic rings. The molecule has 2 aromatic heterocycles. The Kier molecular flexibility index (Phi) is 5.77. The van der Waals surface area contributed by atoms with E-state index in [1.54, 1.807) is 0 Å². The van der Waals surface area contributed by atoms with Gasteiger partial charge in [0.1, 0.15) is 5.58 Å². The van der Waals surface area contributed by atoms with Crippen molar-refractivity contribution in [1.29, 1.82) is 0 Å². The maximum atomic E-state index is 6.74. The van der Waals surface area contributed by atoms with E-state index in [4.69, 9.17) is 16.0 Å². The minimum absolute atomic E-state index is 0.623. The molecule has 0 saturated carbocycles. The lowest BCUT2D eigenvalue weighted by atomic mass is 9.99. The van der Waals surface area contributed by atoms with E-state index in [0.717, 1.165) is 50.1 Å². The normalized spacial score (nSPS) is 11.8. The van der Waals surface area contributed by atoms with Crippen LogP contribution in [0.4, 0.5) is 17.1 Å². The van der Waals surface area contributed by atoms with Crippen molar-refractivity contribution < 1.29 is 4.42 Å². The molecule has 44 heavy (non-hydrogen) atoms. The monoisotopic (exact) mass is 601 g/mol. The van der Waals surface area contributed by atoms with Crippen molar-refractivity contribution in [3.63, 3.8) is 0 Å². The summed E-state index contributed by atoms with van der Waals surface area (Å²) >= 11 is 8.58. The Morgan fingerprint density at radius 2 is 1.18 bits per heavy atom. The summed E-state index contributed by atoms with van der Waals surface area (Å²) in [6.45, 7) is 0. The first kappa shape index (κ1) is 25.4. The first-order valence-electron chi connectivity index (χ1n) is 14.6. The predicted molar refractivity (Wildman–Crippen MR) is 189 cm³/mol. The Morgan fingerprint density at radius 3 is 2.09 bits per heavy atom. The van der Waals surface area contributed by atoms with Crippen LogP contribution < -0.4 is 4.90 Å². The zero-order valence-electron chi connectivity index (χ0n) is 23.5. The third-order valence-corrected chi connectivity index (χ3v) is 9.91. The molecule has 0 unspecified atom stereocenters. The molecule has 9 rings (SSSR count). The highest BCUT2D eigenvalue weighted by molar-refractivity contribution is 7.25. The zero-order valence-corrected chi connectivity index (χ0v) is 25.1. The van der Waals surface area contributed by atoms with Gasteiger partial charge in [0.05, 0.1) is 5.02 Å². The number of thiophene rings is 1. The van der Waals surface area contributed by atoms with E-state index in [1.807, 2.05) is 35.6 Å². The van der Waals surface area contributed by atoms with Crippen molar-refractivity contribution in [3.8, 4) is 11.1 Å². The van der Waals surface area contributed by atoms with Crippen molar-refractivity contribution >= 4 is 92.9 Å². The van der Waals surface area contributed by atoms with Crippen molar-refractivity contribution in [2.24, 2.45) is 0 Å². The summed E-state index contributed by atoms with van der Waals surface area (Å²) in [6.07, 6.45) is 0. The Morgan fingerprint density at radius 1 is 0.477 bits per heavy atom. The lowest BCUT2D eigenvalue weighted by molar-refractivity contribution is 0.669. The van der Waals surface area contributed by atoms with E-state index in [-0.39, 0.29) is 0 Å². The highest BCUT2D eigenvalue weighted by Gasteiger charge is 2.16. The van der Waals surface area contributed by atoms with Gasteiger partial charge in [0.15, 0.2) is 5.58 Å². The van der Waals surface area contributed by atoms with Crippen LogP contribution in [0.3, 0.4) is 0 Å². The first-order chi connectivity index (χ1) is 21.7. The average Bonchev–Trinajstić information content (AvgIpc) is 3.64. The van der Waals surface area contributed by atoms with Crippen LogP contribution in [0.25, 0.3) is 64.0 Å². The number of hydrogen-bond acceptors (Lipinski definition) is 3. The molecule has 9 aromatic rings. The lowest BCUT2D eigenvalue weighted by Gasteiger charge is -2.26. The quantitative estimate of drug-likeness (QED) is 0.199. The number of furan rings is 1. The Hall–Kier alpha value is -5.09. The fourth-order valence-electron chi connectivity index (χ4n) is 6.38. The van der Waals surface area contributed by atoms with E-state index in [9.17, 15) is 0 Å². The molecule has 0 atom stereocenters. The van der Waals surface area contributed by atoms with Gasteiger partial charge < -0.3 is 9.32 Å². The maximum Gasteiger partial charge on any atom is 0.154 e. The number of anilines is 3. The topological polar surface area (TPSA) is 16.4 Å². The van der Waals surface area contributed by atoms with Gasteiger partial charge in [-0.1, -0.05) is 84.4 Å². The van der Waals surface area contributed by atoms with Crippen molar-refractivity contribution in [1.82, 2.24) is 0 Å². The number of para-hydroxylation sites is 2. The van der Waals surface area contributed by atoms with Crippen LogP contribution in [0.5, 0.6) is 0 Å². The van der Waals surface area contributed by atoms with E-state index in [2.05, 4.69) is 126 Å². The SMILES string of the molecule is Clc1cc(-c2ccc3cc(N(c4ccccc4)c4ccc5sc6ccccc6c5c4)ccc3c2)cc2c1oc1ccccc12. The van der Waals surface area contributed by atoms with Crippen LogP contribution in [-0.4, -0.2) is 0 Å². The lowest BCUT2D eigenvalue weighted by Crippen LogP contribution is -2.09. The third kappa shape index (κ3) is 4.09. The van der Waals surface area contributed by atoms with Gasteiger partial charge in [-0.2, -0.15) is 0 Å². The zero-order chi connectivity index (χ0) is 29.2. The standard InChI is InChI=1S/C40H24ClNOS/c41-36-23-28(22-35-32-10-4-6-12-37(32)43-40(35)36)26-14-15-27-21-30(17-16-25(27)20-26)42(29-8-2-1-3-9-29)31-18-19-39-34(24-31)33-11-5-7-13-38(33)44-39/h1-24H. The second-order valence-corrected chi connectivity index (χ2v) is 12.6. The molecular formula is C40H24ClNOS. The summed E-state index contributed by atoms with van der Waals surface area (Å²) in [7, 11) is 0. The molecule has 0 N–H and O–H groups in total. The number of nitrogens with zero attached hydrogens (tertiary/aromatic N) is 1. The minimum Gasteiger partial charge on any atom is -0.454 e. The average molecular weight is 602 g/mol. The summed E-state index contributed by atoms with van der Waals surface area (Å²) in [6, 6.07) is 51.7. The van der Waals surface area contributed by atoms with Gasteiger partial charge in [-0.05, 0) is 94.7 Å². The van der Waals surface area contributed by atoms with Gasteiger partial charge in [0.25, 0.3) is 0 Å². The Balaban J connectivity index is 1.16. The van der Waals surface area contributed by atoms with Crippen LogP contribution in [0.1, 0.15) is 0 Å². The molecule has 0 fully saturated rings. The molecule has 0 spiro atoms. The molecule has 7 aromatic carbocycles. The van der Waals surface area contributed by atoms with Gasteiger partial charge in [0.2, 0.25) is 0 Å². The molecule has 0 saturated heterocycles. The second kappa shape index (κ2) is 9.99. The molecule has 0 aliphatic heterocycles. The van der Waals surface area contributed by atoms with Crippen LogP contribution in [0.15, 0.2) is 150 Å². The molecular weight excluding hydrogens is 578 g/mol. The van der Waals surface area contributed by atoms with Crippen LogP contribution in [0.2, 0.25) is 5.02 Å². The van der Waals surface area contributed by atoms with Crippen molar-refractivity contribution in [3.05, 3.63) is 151 Å². The summed E-state index contributed by atoms with van der Waals surface area (Å²) < 4.78 is 8.67. The number of hydrogen-bond donors (Lipinski definition) is 0. The van der Waals surface area contributed by atoms with Crippen LogP contribution in [0, 0.1) is 0 Å². The highest BCUT2D eigenvalue weighted by atomic mass is 35.5. The van der Waals surface area contributed by atoms with E-state index in [1.165, 1.54) is 30.9 Å². The summed E-state index contributed by atoms with van der Waals surface area (Å²) in [5, 5.41) is 7.67. The molecule has 4 heteroatoms. The fourth-order valence-corrected chi connectivity index (χ4v) is 7.73. The summed E-state index contributed by atoms with van der Waals surface area (Å²) in [4.78, 5) is 2.34. The van der Waals surface area contributed by atoms with Gasteiger partial charge in [-0.3, -0.25) is 0 Å². The number of halogens is 1. The molecule has 0 aliphatic carbocycles. The summed E-state index contributed by atoms with van der Waals surface area (Å²) in [5.41, 5.74) is 7.15. The smallest absolute Gasteiger partial charge is 0.154 e.